The maximum absolute atomic E-state index is 14.7. The van der Waals surface area contributed by atoms with Crippen molar-refractivity contribution in [2.45, 2.75) is 62.6 Å². The van der Waals surface area contributed by atoms with Crippen molar-refractivity contribution in [3.05, 3.63) is 96.1 Å². The van der Waals surface area contributed by atoms with Gasteiger partial charge in [-0.15, -0.1) is 0 Å². The third-order valence-corrected chi connectivity index (χ3v) is 9.19. The predicted molar refractivity (Wildman–Crippen MR) is 164 cm³/mol. The molecule has 3 amide bonds. The van der Waals surface area contributed by atoms with Crippen LogP contribution in [0.15, 0.2) is 85.0 Å². The number of hydrogen-bond donors (Lipinski definition) is 2. The van der Waals surface area contributed by atoms with Gasteiger partial charge in [-0.2, -0.15) is 0 Å². The monoisotopic (exact) mass is 613 g/mol. The summed E-state index contributed by atoms with van der Waals surface area (Å²) in [4.78, 5) is 58.6. The summed E-state index contributed by atoms with van der Waals surface area (Å²) in [6, 6.07) is 17.2. The Morgan fingerprint density at radius 1 is 0.978 bits per heavy atom. The Morgan fingerprint density at radius 3 is 2.40 bits per heavy atom. The summed E-state index contributed by atoms with van der Waals surface area (Å²) in [5.74, 6) is -3.62. The number of esters is 1. The van der Waals surface area contributed by atoms with Crippen LogP contribution >= 0.6 is 0 Å². The normalized spacial score (nSPS) is 31.5. The quantitative estimate of drug-likeness (QED) is 0.378. The van der Waals surface area contributed by atoms with E-state index in [1.54, 1.807) is 30.1 Å². The molecule has 1 spiro atoms. The molecule has 4 aliphatic rings. The molecule has 2 saturated heterocycles. The lowest BCUT2D eigenvalue weighted by Gasteiger charge is -2.38. The fraction of sp³-hybridized carbons (Fsp3) is 0.429. The summed E-state index contributed by atoms with van der Waals surface area (Å²) < 4.78 is 12.5. The van der Waals surface area contributed by atoms with E-state index in [4.69, 9.17) is 9.47 Å². The maximum Gasteiger partial charge on any atom is 0.313 e. The summed E-state index contributed by atoms with van der Waals surface area (Å²) >= 11 is 0. The van der Waals surface area contributed by atoms with E-state index in [1.165, 1.54) is 4.90 Å². The molecule has 0 aliphatic carbocycles. The van der Waals surface area contributed by atoms with Gasteiger partial charge in [0, 0.05) is 19.5 Å². The summed E-state index contributed by atoms with van der Waals surface area (Å²) in [7, 11) is 0. The average Bonchev–Trinajstić information content (AvgIpc) is 3.44. The molecular weight excluding hydrogens is 574 g/mol. The number of fused-ring (bicyclic) bond motifs is 2. The Bertz CT molecular complexity index is 1480. The highest BCUT2D eigenvalue weighted by atomic mass is 16.6. The minimum absolute atomic E-state index is 0.140. The number of nitrogens with one attached hydrogen (secondary N) is 1. The van der Waals surface area contributed by atoms with Crippen molar-refractivity contribution in [2.24, 2.45) is 11.8 Å². The van der Waals surface area contributed by atoms with Crippen LogP contribution in [0.1, 0.15) is 30.9 Å². The van der Waals surface area contributed by atoms with Gasteiger partial charge in [0.2, 0.25) is 17.7 Å². The molecule has 0 radical (unpaired) electrons. The summed E-state index contributed by atoms with van der Waals surface area (Å²) in [5, 5.41) is 13.5. The van der Waals surface area contributed by atoms with Crippen LogP contribution in [0, 0.1) is 11.8 Å². The molecule has 236 valence electrons. The summed E-state index contributed by atoms with van der Waals surface area (Å²) in [6.45, 7) is 2.04. The van der Waals surface area contributed by atoms with Gasteiger partial charge in [0.25, 0.3) is 0 Å². The van der Waals surface area contributed by atoms with Crippen LogP contribution in [0.25, 0.3) is 0 Å². The fourth-order valence-corrected chi connectivity index (χ4v) is 7.12. The molecule has 10 nitrogen and oxygen atoms in total. The Balaban J connectivity index is 1.43. The first-order valence-corrected chi connectivity index (χ1v) is 15.6. The lowest BCUT2D eigenvalue weighted by molar-refractivity contribution is -0.159. The molecule has 0 unspecified atom stereocenters. The first kappa shape index (κ1) is 30.7. The van der Waals surface area contributed by atoms with E-state index in [-0.39, 0.29) is 37.9 Å². The van der Waals surface area contributed by atoms with Crippen molar-refractivity contribution in [1.29, 1.82) is 0 Å². The number of amides is 3. The van der Waals surface area contributed by atoms with Crippen LogP contribution in [-0.4, -0.2) is 88.2 Å². The minimum atomic E-state index is -1.47. The van der Waals surface area contributed by atoms with E-state index in [0.29, 0.717) is 19.4 Å². The van der Waals surface area contributed by atoms with Crippen molar-refractivity contribution in [1.82, 2.24) is 15.1 Å². The van der Waals surface area contributed by atoms with Crippen LogP contribution < -0.4 is 5.32 Å². The van der Waals surface area contributed by atoms with Gasteiger partial charge in [-0.3, -0.25) is 19.2 Å². The minimum Gasteiger partial charge on any atom is -0.460 e. The SMILES string of the molecule is C[C@H]1CNC(=O)CC/C=C\[C@@H]2O[C@@]34C=CCN(Cc5ccccc5)C(=O)[C@@H]3N([C@@H](CO)Cc3ccccc3)C(=O)[C@H]4[C@@H]2C(=O)O1. The largest absolute Gasteiger partial charge is 0.460 e. The van der Waals surface area contributed by atoms with Crippen LogP contribution in [0.4, 0.5) is 0 Å². The average molecular weight is 614 g/mol. The standard InChI is InChI=1S/C35H39N3O7/c1-23-20-36-28(40)16-9-8-15-27-29(34(43)44-23)30-32(41)38(26(22-39)19-24-11-4-2-5-12-24)31-33(42)37(18-10-17-35(30,31)45-27)21-25-13-6-3-7-14-25/h2-8,10-15,17,23,26-27,29-31,39H,9,16,18-22H2,1H3,(H,36,40)/b15-8-/t23-,26+,27-,29+,30+,31-,35+/m0/s1. The predicted octanol–water partition coefficient (Wildman–Crippen LogP) is 2.17. The van der Waals surface area contributed by atoms with Crippen molar-refractivity contribution in [3.63, 3.8) is 0 Å². The Hall–Kier alpha value is -4.28. The van der Waals surface area contributed by atoms with Gasteiger partial charge in [0.15, 0.2) is 0 Å². The summed E-state index contributed by atoms with van der Waals surface area (Å²) in [5.41, 5.74) is 0.360. The zero-order chi connectivity index (χ0) is 31.6. The second kappa shape index (κ2) is 13.0. The van der Waals surface area contributed by atoms with Crippen LogP contribution in [-0.2, 0) is 41.6 Å². The molecule has 2 aromatic rings. The van der Waals surface area contributed by atoms with Crippen LogP contribution in [0.5, 0.6) is 0 Å². The lowest BCUT2D eigenvalue weighted by Crippen LogP contribution is -2.58. The maximum atomic E-state index is 14.7. The highest BCUT2D eigenvalue weighted by molar-refractivity contribution is 5.99. The molecule has 2 N–H and O–H groups in total. The fourth-order valence-electron chi connectivity index (χ4n) is 7.12. The number of nitrogens with zero attached hydrogens (tertiary/aromatic N) is 2. The number of ether oxygens (including phenoxy) is 2. The second-order valence-corrected chi connectivity index (χ2v) is 12.2. The third kappa shape index (κ3) is 5.92. The number of rotatable bonds is 6. The molecule has 0 saturated carbocycles. The van der Waals surface area contributed by atoms with Gasteiger partial charge in [0.05, 0.1) is 31.2 Å². The molecule has 10 heteroatoms. The third-order valence-electron chi connectivity index (χ3n) is 9.19. The van der Waals surface area contributed by atoms with E-state index >= 15 is 0 Å². The van der Waals surface area contributed by atoms with Crippen LogP contribution in [0.3, 0.4) is 0 Å². The Labute approximate surface area is 262 Å². The number of carbonyl (C=O) groups is 4. The van der Waals surface area contributed by atoms with E-state index in [0.717, 1.165) is 11.1 Å². The molecule has 4 heterocycles. The zero-order valence-corrected chi connectivity index (χ0v) is 25.3. The molecular formula is C35H39N3O7. The Kier molecular flexibility index (Phi) is 8.87. The number of carbonyl (C=O) groups excluding carboxylic acids is 4. The van der Waals surface area contributed by atoms with Crippen molar-refractivity contribution in [3.8, 4) is 0 Å². The number of aliphatic hydroxyl groups excluding tert-OH is 1. The number of hydrogen-bond acceptors (Lipinski definition) is 7. The van der Waals surface area contributed by atoms with Crippen LogP contribution in [0.2, 0.25) is 0 Å². The molecule has 2 fully saturated rings. The molecule has 0 bridgehead atoms. The highest BCUT2D eigenvalue weighted by Crippen LogP contribution is 2.53. The Morgan fingerprint density at radius 2 is 1.69 bits per heavy atom. The van der Waals surface area contributed by atoms with E-state index in [1.807, 2.05) is 66.7 Å². The molecule has 0 aromatic heterocycles. The van der Waals surface area contributed by atoms with Crippen molar-refractivity contribution < 1.29 is 33.8 Å². The number of benzene rings is 2. The smallest absolute Gasteiger partial charge is 0.313 e. The molecule has 45 heavy (non-hydrogen) atoms. The molecule has 4 aliphatic heterocycles. The van der Waals surface area contributed by atoms with Gasteiger partial charge in [0.1, 0.15) is 23.7 Å². The topological polar surface area (TPSA) is 125 Å². The second-order valence-electron chi connectivity index (χ2n) is 12.2. The van der Waals surface area contributed by atoms with E-state index in [2.05, 4.69) is 5.32 Å². The molecule has 2 aromatic carbocycles. The van der Waals surface area contributed by atoms with Gasteiger partial charge < -0.3 is 29.7 Å². The summed E-state index contributed by atoms with van der Waals surface area (Å²) in [6.07, 6.45) is 6.60. The van der Waals surface area contributed by atoms with Gasteiger partial charge in [-0.1, -0.05) is 85.0 Å². The van der Waals surface area contributed by atoms with E-state index < -0.39 is 53.6 Å². The van der Waals surface area contributed by atoms with Gasteiger partial charge in [-0.05, 0) is 30.9 Å². The first-order valence-electron chi connectivity index (χ1n) is 15.6. The zero-order valence-electron chi connectivity index (χ0n) is 25.3. The van der Waals surface area contributed by atoms with Crippen molar-refractivity contribution in [2.75, 3.05) is 19.7 Å². The number of aliphatic hydroxyl groups is 1. The van der Waals surface area contributed by atoms with E-state index in [9.17, 15) is 24.3 Å². The van der Waals surface area contributed by atoms with Crippen molar-refractivity contribution >= 4 is 23.7 Å². The lowest BCUT2D eigenvalue weighted by atomic mass is 9.78. The number of cyclic esters (lactones) is 1. The number of allylic oxidation sites excluding steroid dienone is 1. The molecule has 7 atom stereocenters. The van der Waals surface area contributed by atoms with Gasteiger partial charge in [-0.25, -0.2) is 0 Å². The number of likely N-dealkylation sites (tertiary alicyclic amines) is 1. The first-order chi connectivity index (χ1) is 21.8. The van der Waals surface area contributed by atoms with Gasteiger partial charge >= 0.3 is 5.97 Å². The highest BCUT2D eigenvalue weighted by Gasteiger charge is 2.72. The molecule has 6 rings (SSSR count).